The molecule has 6 rings (SSSR count). The normalized spacial score (nSPS) is 11.3. The smallest absolute Gasteiger partial charge is 0.188 e. The number of pyridine rings is 1. The van der Waals surface area contributed by atoms with Crippen LogP contribution in [0.5, 0.6) is 0 Å². The predicted octanol–water partition coefficient (Wildman–Crippen LogP) is 4.14. The van der Waals surface area contributed by atoms with Gasteiger partial charge >= 0.3 is 0 Å². The van der Waals surface area contributed by atoms with Crippen molar-refractivity contribution in [3.63, 3.8) is 0 Å². The molecule has 9 nitrogen and oxygen atoms in total. The third-order valence-electron chi connectivity index (χ3n) is 5.47. The number of aromatic amines is 2. The molecule has 0 bridgehead atoms. The van der Waals surface area contributed by atoms with Crippen LogP contribution in [0.4, 0.5) is 0 Å². The summed E-state index contributed by atoms with van der Waals surface area (Å²) in [6.45, 7) is 0.527. The monoisotopic (exact) mass is 466 g/mol. The van der Waals surface area contributed by atoms with Gasteiger partial charge in [-0.2, -0.15) is 15.3 Å². The van der Waals surface area contributed by atoms with Gasteiger partial charge in [-0.1, -0.05) is 12.1 Å². The van der Waals surface area contributed by atoms with Gasteiger partial charge in [0.15, 0.2) is 5.78 Å². The molecule has 2 N–H and O–H groups in total. The Labute approximate surface area is 197 Å². The van der Waals surface area contributed by atoms with Crippen LogP contribution in [-0.4, -0.2) is 45.9 Å². The number of thiazole rings is 1. The Kier molecular flexibility index (Phi) is 5.04. The van der Waals surface area contributed by atoms with Crippen molar-refractivity contribution >= 4 is 28.0 Å². The second-order valence-corrected chi connectivity index (χ2v) is 8.68. The van der Waals surface area contributed by atoms with E-state index in [0.29, 0.717) is 12.2 Å². The number of hydrogen-bond acceptors (Lipinski definition) is 7. The molecule has 34 heavy (non-hydrogen) atoms. The first-order valence-corrected chi connectivity index (χ1v) is 11.5. The molecule has 6 aromatic rings. The third-order valence-corrected chi connectivity index (χ3v) is 6.38. The minimum Gasteiger partial charge on any atom is -0.292 e. The van der Waals surface area contributed by atoms with Gasteiger partial charge in [-0.3, -0.25) is 24.7 Å². The van der Waals surface area contributed by atoms with Crippen molar-refractivity contribution in [2.24, 2.45) is 0 Å². The van der Waals surface area contributed by atoms with E-state index in [4.69, 9.17) is 0 Å². The van der Waals surface area contributed by atoms with E-state index in [1.165, 1.54) is 0 Å². The quantitative estimate of drug-likeness (QED) is 0.341. The van der Waals surface area contributed by atoms with Gasteiger partial charge in [0.05, 0.1) is 35.8 Å². The Hall–Kier alpha value is -4.44. The van der Waals surface area contributed by atoms with E-state index < -0.39 is 0 Å². The second-order valence-electron chi connectivity index (χ2n) is 7.82. The first-order valence-electron chi connectivity index (χ1n) is 10.6. The molecular weight excluding hydrogens is 448 g/mol. The van der Waals surface area contributed by atoms with E-state index in [0.717, 1.165) is 44.0 Å². The lowest BCUT2D eigenvalue weighted by atomic mass is 10.0. The number of nitrogens with one attached hydrogen (secondary N) is 2. The fourth-order valence-electron chi connectivity index (χ4n) is 3.83. The van der Waals surface area contributed by atoms with E-state index >= 15 is 0 Å². The Balaban J connectivity index is 1.15. The fraction of sp³-hybridized carbons (Fsp3) is 0.0833. The summed E-state index contributed by atoms with van der Waals surface area (Å²) in [5.41, 5.74) is 5.80. The first-order chi connectivity index (χ1) is 16.7. The zero-order valence-corrected chi connectivity index (χ0v) is 18.7. The molecule has 0 fully saturated rings. The third kappa shape index (κ3) is 3.90. The molecule has 0 aliphatic heterocycles. The van der Waals surface area contributed by atoms with Crippen LogP contribution < -0.4 is 0 Å². The van der Waals surface area contributed by atoms with Crippen molar-refractivity contribution in [1.29, 1.82) is 0 Å². The van der Waals surface area contributed by atoms with Crippen LogP contribution in [0.3, 0.4) is 0 Å². The highest BCUT2D eigenvalue weighted by molar-refractivity contribution is 7.13. The summed E-state index contributed by atoms with van der Waals surface area (Å²) in [6, 6.07) is 11.6. The van der Waals surface area contributed by atoms with Gasteiger partial charge in [-0.15, -0.1) is 11.3 Å². The van der Waals surface area contributed by atoms with Gasteiger partial charge in [0, 0.05) is 41.3 Å². The number of fused-ring (bicyclic) bond motifs is 1. The van der Waals surface area contributed by atoms with Crippen LogP contribution in [0.1, 0.15) is 21.7 Å². The predicted molar refractivity (Wildman–Crippen MR) is 128 cm³/mol. The molecule has 0 unspecified atom stereocenters. The number of carbonyl (C=O) groups excluding carboxylic acids is 1. The number of H-pyrrole nitrogens is 2. The zero-order valence-electron chi connectivity index (χ0n) is 17.8. The van der Waals surface area contributed by atoms with Crippen molar-refractivity contribution in [3.8, 4) is 21.8 Å². The number of nitrogens with zero attached hydrogens (tertiary/aromatic N) is 6. The molecule has 1 aromatic carbocycles. The van der Waals surface area contributed by atoms with E-state index in [9.17, 15) is 4.79 Å². The molecule has 10 heteroatoms. The van der Waals surface area contributed by atoms with Crippen molar-refractivity contribution < 1.29 is 4.79 Å². The fourth-order valence-corrected chi connectivity index (χ4v) is 4.61. The highest BCUT2D eigenvalue weighted by atomic mass is 32.1. The molecule has 0 saturated carbocycles. The lowest BCUT2D eigenvalue weighted by Gasteiger charge is -1.99. The molecule has 0 amide bonds. The van der Waals surface area contributed by atoms with Crippen molar-refractivity contribution in [2.75, 3.05) is 0 Å². The van der Waals surface area contributed by atoms with E-state index in [1.807, 2.05) is 54.2 Å². The van der Waals surface area contributed by atoms with Crippen LogP contribution in [0.2, 0.25) is 0 Å². The molecule has 0 aliphatic rings. The summed E-state index contributed by atoms with van der Waals surface area (Å²) in [5.74, 6) is -0.0621. The molecule has 0 radical (unpaired) electrons. The SMILES string of the molecule is O=C(Cc1cnn(Cc2csc(-c3ccccn3)n2)c1)c1n[nH]c2cc(-c3cn[nH]c3)ccc12. The largest absolute Gasteiger partial charge is 0.292 e. The summed E-state index contributed by atoms with van der Waals surface area (Å²) in [7, 11) is 0. The van der Waals surface area contributed by atoms with Gasteiger partial charge in [0.1, 0.15) is 10.7 Å². The number of carbonyl (C=O) groups is 1. The van der Waals surface area contributed by atoms with Crippen molar-refractivity contribution in [3.05, 3.63) is 89.7 Å². The topological polar surface area (TPSA) is 118 Å². The van der Waals surface area contributed by atoms with Crippen molar-refractivity contribution in [1.82, 2.24) is 40.1 Å². The maximum Gasteiger partial charge on any atom is 0.188 e. The molecular formula is C24H18N8OS. The number of ketones is 1. The maximum atomic E-state index is 13.0. The number of hydrogen-bond donors (Lipinski definition) is 2. The van der Waals surface area contributed by atoms with Crippen LogP contribution in [0.15, 0.2) is 72.8 Å². The highest BCUT2D eigenvalue weighted by Crippen LogP contribution is 2.25. The molecule has 0 atom stereocenters. The standard InChI is InChI=1S/C24H18N8OS/c33-22(23-19-5-4-16(8-21(19)30-31-23)17-10-26-27-11-17)7-15-9-28-32(12-15)13-18-14-34-24(29-18)20-3-1-2-6-25-20/h1-6,8-12,14H,7,13H2,(H,26,27)(H,30,31). The highest BCUT2D eigenvalue weighted by Gasteiger charge is 2.16. The maximum absolute atomic E-state index is 13.0. The van der Waals surface area contributed by atoms with Gasteiger partial charge < -0.3 is 0 Å². The Bertz CT molecular complexity index is 1580. The Morgan fingerprint density at radius 3 is 2.94 bits per heavy atom. The molecule has 5 aromatic heterocycles. The molecule has 5 heterocycles. The van der Waals surface area contributed by atoms with Crippen LogP contribution in [0.25, 0.3) is 32.7 Å². The minimum absolute atomic E-state index is 0.0621. The lowest BCUT2D eigenvalue weighted by molar-refractivity contribution is 0.0989. The van der Waals surface area contributed by atoms with E-state index in [-0.39, 0.29) is 12.2 Å². The van der Waals surface area contributed by atoms with Crippen LogP contribution in [0, 0.1) is 0 Å². The summed E-state index contributed by atoms with van der Waals surface area (Å²) in [4.78, 5) is 22.0. The summed E-state index contributed by atoms with van der Waals surface area (Å²) < 4.78 is 1.79. The minimum atomic E-state index is -0.0621. The molecule has 0 aliphatic carbocycles. The zero-order chi connectivity index (χ0) is 22.9. The summed E-state index contributed by atoms with van der Waals surface area (Å²) >= 11 is 1.55. The van der Waals surface area contributed by atoms with Gasteiger partial charge in [-0.25, -0.2) is 4.98 Å². The number of rotatable bonds is 7. The molecule has 0 spiro atoms. The van der Waals surface area contributed by atoms with Gasteiger partial charge in [-0.05, 0) is 35.4 Å². The van der Waals surface area contributed by atoms with Crippen LogP contribution in [-0.2, 0) is 13.0 Å². The Morgan fingerprint density at radius 2 is 2.09 bits per heavy atom. The second kappa shape index (κ2) is 8.49. The van der Waals surface area contributed by atoms with Crippen LogP contribution >= 0.6 is 11.3 Å². The molecule has 0 saturated heterocycles. The number of Topliss-reactive ketones (excluding diaryl/α,β-unsaturated/α-hetero) is 1. The number of benzene rings is 1. The summed E-state index contributed by atoms with van der Waals surface area (Å²) in [6.07, 6.45) is 9.16. The average molecular weight is 467 g/mol. The van der Waals surface area contributed by atoms with E-state index in [1.54, 1.807) is 34.6 Å². The van der Waals surface area contributed by atoms with Gasteiger partial charge in [0.25, 0.3) is 0 Å². The lowest BCUT2D eigenvalue weighted by Crippen LogP contribution is -2.04. The van der Waals surface area contributed by atoms with Crippen molar-refractivity contribution in [2.45, 2.75) is 13.0 Å². The molecule has 166 valence electrons. The van der Waals surface area contributed by atoms with E-state index in [2.05, 4.69) is 35.5 Å². The Morgan fingerprint density at radius 1 is 1.12 bits per heavy atom. The number of aromatic nitrogens is 8. The summed E-state index contributed by atoms with van der Waals surface area (Å²) in [5, 5.41) is 22.1. The average Bonchev–Trinajstić information content (AvgIpc) is 3.66. The first kappa shape index (κ1) is 20.2. The van der Waals surface area contributed by atoms with Gasteiger partial charge in [0.2, 0.25) is 0 Å².